The Labute approximate surface area is 141 Å². The van der Waals surface area contributed by atoms with Gasteiger partial charge in [-0.25, -0.2) is 4.98 Å². The van der Waals surface area contributed by atoms with Crippen LogP contribution in [-0.2, 0) is 16.0 Å². The van der Waals surface area contributed by atoms with Crippen molar-refractivity contribution >= 4 is 23.2 Å². The lowest BCUT2D eigenvalue weighted by Gasteiger charge is -2.37. The minimum atomic E-state index is 0.125. The summed E-state index contributed by atoms with van der Waals surface area (Å²) in [6, 6.07) is 0. The minimum Gasteiger partial charge on any atom is -0.339 e. The number of rotatable bonds is 3. The summed E-state index contributed by atoms with van der Waals surface area (Å²) >= 11 is 1.58. The number of hydrogen-bond donors (Lipinski definition) is 0. The third-order valence-electron chi connectivity index (χ3n) is 4.90. The molecule has 0 spiro atoms. The van der Waals surface area contributed by atoms with Crippen molar-refractivity contribution in [2.75, 3.05) is 26.2 Å². The van der Waals surface area contributed by atoms with Crippen molar-refractivity contribution in [3.8, 4) is 0 Å². The van der Waals surface area contributed by atoms with Crippen LogP contribution in [0.1, 0.15) is 42.8 Å². The van der Waals surface area contributed by atoms with Gasteiger partial charge >= 0.3 is 0 Å². The molecule has 2 fully saturated rings. The summed E-state index contributed by atoms with van der Waals surface area (Å²) in [5.74, 6) is 0.663. The van der Waals surface area contributed by atoms with Crippen molar-refractivity contribution in [2.45, 2.75) is 45.4 Å². The molecule has 0 radical (unpaired) electrons. The smallest absolute Gasteiger partial charge is 0.228 e. The Hall–Kier alpha value is -1.43. The molecule has 5 nitrogen and oxygen atoms in total. The standard InChI is InChI=1S/C17H25N3O2S/c1-13-18-15(12-23-13)11-16(21)19-7-9-20(10-8-19)17(22)14-5-3-2-4-6-14/h12,14H,2-11H2,1H3. The highest BCUT2D eigenvalue weighted by atomic mass is 32.1. The van der Waals surface area contributed by atoms with E-state index in [0.29, 0.717) is 38.5 Å². The SMILES string of the molecule is Cc1nc(CC(=O)N2CCN(C(=O)C3CCCCC3)CC2)cs1. The van der Waals surface area contributed by atoms with E-state index < -0.39 is 0 Å². The van der Waals surface area contributed by atoms with Gasteiger partial charge in [-0.15, -0.1) is 11.3 Å². The first kappa shape index (κ1) is 16.4. The van der Waals surface area contributed by atoms with Gasteiger partial charge < -0.3 is 9.80 Å². The molecule has 1 aromatic heterocycles. The van der Waals surface area contributed by atoms with E-state index in [0.717, 1.165) is 23.5 Å². The topological polar surface area (TPSA) is 53.5 Å². The summed E-state index contributed by atoms with van der Waals surface area (Å²) in [5.41, 5.74) is 0.859. The first-order valence-electron chi connectivity index (χ1n) is 8.61. The van der Waals surface area contributed by atoms with Crippen molar-refractivity contribution in [1.29, 1.82) is 0 Å². The number of carbonyl (C=O) groups is 2. The van der Waals surface area contributed by atoms with Crippen molar-refractivity contribution in [2.24, 2.45) is 5.92 Å². The normalized spacial score (nSPS) is 19.9. The van der Waals surface area contributed by atoms with Crippen LogP contribution < -0.4 is 0 Å². The Morgan fingerprint density at radius 3 is 2.39 bits per heavy atom. The van der Waals surface area contributed by atoms with Gasteiger partial charge in [0.1, 0.15) is 0 Å². The molecular weight excluding hydrogens is 310 g/mol. The Bertz CT molecular complexity index is 558. The molecule has 0 aromatic carbocycles. The molecule has 1 aliphatic heterocycles. The van der Waals surface area contributed by atoms with E-state index in [1.54, 1.807) is 11.3 Å². The van der Waals surface area contributed by atoms with Crippen LogP contribution in [-0.4, -0.2) is 52.8 Å². The number of piperazine rings is 1. The van der Waals surface area contributed by atoms with E-state index in [-0.39, 0.29) is 11.8 Å². The lowest BCUT2D eigenvalue weighted by molar-refractivity contribution is -0.142. The molecule has 0 bridgehead atoms. The molecule has 3 rings (SSSR count). The van der Waals surface area contributed by atoms with E-state index in [1.807, 2.05) is 22.1 Å². The van der Waals surface area contributed by atoms with Crippen molar-refractivity contribution < 1.29 is 9.59 Å². The number of carbonyl (C=O) groups excluding carboxylic acids is 2. The first-order chi connectivity index (χ1) is 11.1. The average Bonchev–Trinajstić information content (AvgIpc) is 3.00. The third kappa shape index (κ3) is 4.10. The fourth-order valence-electron chi connectivity index (χ4n) is 3.54. The highest BCUT2D eigenvalue weighted by molar-refractivity contribution is 7.09. The van der Waals surface area contributed by atoms with E-state index in [4.69, 9.17) is 0 Å². The van der Waals surface area contributed by atoms with Crippen LogP contribution in [0, 0.1) is 12.8 Å². The number of thiazole rings is 1. The maximum atomic E-state index is 12.5. The third-order valence-corrected chi connectivity index (χ3v) is 5.72. The van der Waals surface area contributed by atoms with Crippen LogP contribution in [0.3, 0.4) is 0 Å². The quantitative estimate of drug-likeness (QED) is 0.851. The van der Waals surface area contributed by atoms with E-state index in [2.05, 4.69) is 4.98 Å². The molecule has 2 heterocycles. The van der Waals surface area contributed by atoms with Gasteiger partial charge in [-0.3, -0.25) is 9.59 Å². The van der Waals surface area contributed by atoms with Crippen molar-refractivity contribution in [3.05, 3.63) is 16.1 Å². The van der Waals surface area contributed by atoms with Crippen LogP contribution in [0.15, 0.2) is 5.38 Å². The largest absolute Gasteiger partial charge is 0.339 e. The van der Waals surface area contributed by atoms with E-state index in [9.17, 15) is 9.59 Å². The molecular formula is C17H25N3O2S. The number of aromatic nitrogens is 1. The lowest BCUT2D eigenvalue weighted by Crippen LogP contribution is -2.52. The van der Waals surface area contributed by atoms with Crippen LogP contribution in [0.5, 0.6) is 0 Å². The van der Waals surface area contributed by atoms with Gasteiger partial charge in [0.15, 0.2) is 0 Å². The number of amides is 2. The maximum Gasteiger partial charge on any atom is 0.228 e. The molecule has 1 aliphatic carbocycles. The molecule has 0 N–H and O–H groups in total. The summed E-state index contributed by atoms with van der Waals surface area (Å²) in [6.07, 6.45) is 6.09. The van der Waals surface area contributed by atoms with Gasteiger partial charge in [-0.05, 0) is 19.8 Å². The zero-order valence-corrected chi connectivity index (χ0v) is 14.6. The van der Waals surface area contributed by atoms with Crippen molar-refractivity contribution in [1.82, 2.24) is 14.8 Å². The second-order valence-corrected chi connectivity index (χ2v) is 7.64. The summed E-state index contributed by atoms with van der Waals surface area (Å²) in [7, 11) is 0. The zero-order valence-electron chi connectivity index (χ0n) is 13.8. The molecule has 2 aliphatic rings. The molecule has 23 heavy (non-hydrogen) atoms. The molecule has 1 saturated heterocycles. The van der Waals surface area contributed by atoms with Crippen LogP contribution in [0.2, 0.25) is 0 Å². The molecule has 1 aromatic rings. The lowest BCUT2D eigenvalue weighted by atomic mass is 9.88. The summed E-state index contributed by atoms with van der Waals surface area (Å²) in [4.78, 5) is 33.1. The maximum absolute atomic E-state index is 12.5. The Balaban J connectivity index is 1.47. The second-order valence-electron chi connectivity index (χ2n) is 6.58. The molecule has 2 amide bonds. The average molecular weight is 335 g/mol. The van der Waals surface area contributed by atoms with Crippen LogP contribution in [0.25, 0.3) is 0 Å². The highest BCUT2D eigenvalue weighted by Crippen LogP contribution is 2.25. The van der Waals surface area contributed by atoms with Gasteiger partial charge in [0.2, 0.25) is 11.8 Å². The van der Waals surface area contributed by atoms with Gasteiger partial charge in [-0.1, -0.05) is 19.3 Å². The molecule has 0 atom stereocenters. The van der Waals surface area contributed by atoms with Gasteiger partial charge in [-0.2, -0.15) is 0 Å². The van der Waals surface area contributed by atoms with Crippen LogP contribution in [0.4, 0.5) is 0 Å². The summed E-state index contributed by atoms with van der Waals surface area (Å²) in [6.45, 7) is 4.61. The fraction of sp³-hybridized carbons (Fsp3) is 0.706. The van der Waals surface area contributed by atoms with Gasteiger partial charge in [0, 0.05) is 37.5 Å². The van der Waals surface area contributed by atoms with Crippen LogP contribution >= 0.6 is 11.3 Å². The fourth-order valence-corrected chi connectivity index (χ4v) is 4.15. The molecule has 0 unspecified atom stereocenters. The van der Waals surface area contributed by atoms with Gasteiger partial charge in [0.25, 0.3) is 0 Å². The minimum absolute atomic E-state index is 0.125. The molecule has 6 heteroatoms. The van der Waals surface area contributed by atoms with E-state index >= 15 is 0 Å². The van der Waals surface area contributed by atoms with E-state index in [1.165, 1.54) is 19.3 Å². The summed E-state index contributed by atoms with van der Waals surface area (Å²) in [5, 5.41) is 2.95. The second kappa shape index (κ2) is 7.43. The Morgan fingerprint density at radius 2 is 1.78 bits per heavy atom. The highest BCUT2D eigenvalue weighted by Gasteiger charge is 2.29. The first-order valence-corrected chi connectivity index (χ1v) is 9.49. The predicted octanol–water partition coefficient (Wildman–Crippen LogP) is 2.25. The molecule has 126 valence electrons. The Morgan fingerprint density at radius 1 is 1.13 bits per heavy atom. The molecule has 1 saturated carbocycles. The Kier molecular flexibility index (Phi) is 5.30. The monoisotopic (exact) mass is 335 g/mol. The zero-order chi connectivity index (χ0) is 16.2. The predicted molar refractivity (Wildman–Crippen MR) is 90.3 cm³/mol. The summed E-state index contributed by atoms with van der Waals surface area (Å²) < 4.78 is 0. The number of hydrogen-bond acceptors (Lipinski definition) is 4. The number of aryl methyl sites for hydroxylation is 1. The van der Waals surface area contributed by atoms with Crippen molar-refractivity contribution in [3.63, 3.8) is 0 Å². The van der Waals surface area contributed by atoms with Gasteiger partial charge in [0.05, 0.1) is 17.1 Å². The number of nitrogens with zero attached hydrogens (tertiary/aromatic N) is 3.